The molecule has 0 spiro atoms. The molecule has 0 atom stereocenters. The third kappa shape index (κ3) is 4.06. The van der Waals surface area contributed by atoms with Crippen molar-refractivity contribution in [2.75, 3.05) is 12.4 Å². The van der Waals surface area contributed by atoms with E-state index in [-0.39, 0.29) is 5.91 Å². The van der Waals surface area contributed by atoms with E-state index >= 15 is 0 Å². The van der Waals surface area contributed by atoms with Crippen molar-refractivity contribution in [2.45, 2.75) is 6.92 Å². The average Bonchev–Trinajstić information content (AvgIpc) is 3.22. The second kappa shape index (κ2) is 7.37. The summed E-state index contributed by atoms with van der Waals surface area (Å²) in [7, 11) is 1.64. The Hall–Kier alpha value is -2.51. The molecule has 1 N–H and O–H groups in total. The predicted molar refractivity (Wildman–Crippen MR) is 98.6 cm³/mol. The maximum atomic E-state index is 11.9. The van der Waals surface area contributed by atoms with Gasteiger partial charge in [0.2, 0.25) is 5.91 Å². The van der Waals surface area contributed by atoms with Gasteiger partial charge in [0.15, 0.2) is 5.13 Å². The minimum absolute atomic E-state index is 0.219. The Morgan fingerprint density at radius 2 is 2.08 bits per heavy atom. The van der Waals surface area contributed by atoms with Gasteiger partial charge in [-0.2, -0.15) is 0 Å². The van der Waals surface area contributed by atoms with E-state index in [1.807, 2.05) is 36.6 Å². The summed E-state index contributed by atoms with van der Waals surface area (Å²) in [5, 5.41) is 6.13. The summed E-state index contributed by atoms with van der Waals surface area (Å²) in [6, 6.07) is 7.72. The Bertz CT molecular complexity index is 866. The summed E-state index contributed by atoms with van der Waals surface area (Å²) in [6.45, 7) is 1.94. The molecule has 1 aromatic carbocycles. The summed E-state index contributed by atoms with van der Waals surface area (Å²) >= 11 is 2.97. The lowest BCUT2D eigenvalue weighted by Gasteiger charge is -1.99. The quantitative estimate of drug-likeness (QED) is 0.694. The second-order valence-corrected chi connectivity index (χ2v) is 7.00. The molecule has 0 aliphatic carbocycles. The molecule has 24 heavy (non-hydrogen) atoms. The zero-order chi connectivity index (χ0) is 16.9. The molecular weight excluding hydrogens is 342 g/mol. The molecule has 0 saturated heterocycles. The number of rotatable bonds is 5. The molecule has 0 unspecified atom stereocenters. The molecule has 0 radical (unpaired) electrons. The molecule has 0 aliphatic heterocycles. The number of aromatic nitrogens is 2. The van der Waals surface area contributed by atoms with Crippen LogP contribution >= 0.6 is 22.7 Å². The van der Waals surface area contributed by atoms with E-state index in [0.717, 1.165) is 26.9 Å². The van der Waals surface area contributed by atoms with Crippen molar-refractivity contribution in [1.29, 1.82) is 0 Å². The van der Waals surface area contributed by atoms with Crippen LogP contribution in [0, 0.1) is 6.92 Å². The van der Waals surface area contributed by atoms with Gasteiger partial charge in [0.25, 0.3) is 0 Å². The van der Waals surface area contributed by atoms with Gasteiger partial charge >= 0.3 is 0 Å². The number of methoxy groups -OCH3 is 1. The van der Waals surface area contributed by atoms with Crippen LogP contribution in [0.2, 0.25) is 0 Å². The van der Waals surface area contributed by atoms with E-state index in [1.54, 1.807) is 19.4 Å². The Balaban J connectivity index is 1.65. The largest absolute Gasteiger partial charge is 0.497 e. The van der Waals surface area contributed by atoms with Crippen molar-refractivity contribution in [3.63, 3.8) is 0 Å². The summed E-state index contributed by atoms with van der Waals surface area (Å²) in [5.41, 5.74) is 1.76. The van der Waals surface area contributed by atoms with E-state index in [2.05, 4.69) is 15.3 Å². The standard InChI is InChI=1S/C17H15N3O2S2/c1-11-9-18-17(24-11)20-15(21)8-5-13-10-23-16(19-13)12-3-6-14(22-2)7-4-12/h3-10H,1-2H3,(H,18,20,21). The van der Waals surface area contributed by atoms with Crippen molar-refractivity contribution < 1.29 is 9.53 Å². The van der Waals surface area contributed by atoms with Gasteiger partial charge in [-0.25, -0.2) is 9.97 Å². The van der Waals surface area contributed by atoms with Crippen LogP contribution in [0.15, 0.2) is 41.9 Å². The first-order chi connectivity index (χ1) is 11.6. The number of thiazole rings is 2. The molecule has 0 aliphatic rings. The number of aryl methyl sites for hydroxylation is 1. The van der Waals surface area contributed by atoms with Crippen LogP contribution in [0.25, 0.3) is 16.6 Å². The van der Waals surface area contributed by atoms with Gasteiger partial charge in [-0.1, -0.05) is 0 Å². The second-order valence-electron chi connectivity index (χ2n) is 4.90. The Morgan fingerprint density at radius 3 is 2.75 bits per heavy atom. The van der Waals surface area contributed by atoms with Gasteiger partial charge in [0, 0.05) is 28.1 Å². The maximum Gasteiger partial charge on any atom is 0.250 e. The molecule has 0 saturated carbocycles. The van der Waals surface area contributed by atoms with Crippen LogP contribution in [-0.2, 0) is 4.79 Å². The lowest BCUT2D eigenvalue weighted by atomic mass is 10.2. The fourth-order valence-electron chi connectivity index (χ4n) is 1.95. The predicted octanol–water partition coefficient (Wildman–Crippen LogP) is 4.24. The normalized spacial score (nSPS) is 10.9. The number of nitrogens with one attached hydrogen (secondary N) is 1. The highest BCUT2D eigenvalue weighted by Crippen LogP contribution is 2.26. The lowest BCUT2D eigenvalue weighted by Crippen LogP contribution is -2.07. The molecule has 3 rings (SSSR count). The van der Waals surface area contributed by atoms with Crippen LogP contribution in [0.5, 0.6) is 5.75 Å². The van der Waals surface area contributed by atoms with Crippen LogP contribution in [-0.4, -0.2) is 23.0 Å². The zero-order valence-electron chi connectivity index (χ0n) is 13.1. The van der Waals surface area contributed by atoms with E-state index in [0.29, 0.717) is 5.13 Å². The number of amides is 1. The fourth-order valence-corrected chi connectivity index (χ4v) is 3.41. The maximum absolute atomic E-state index is 11.9. The Labute approximate surface area is 147 Å². The number of anilines is 1. The van der Waals surface area contributed by atoms with Gasteiger partial charge in [-0.3, -0.25) is 10.1 Å². The summed E-state index contributed by atoms with van der Waals surface area (Å²) in [5.74, 6) is 0.591. The molecule has 1 amide bonds. The molecular formula is C17H15N3O2S2. The van der Waals surface area contributed by atoms with Crippen molar-refractivity contribution in [2.24, 2.45) is 0 Å². The number of nitrogens with zero attached hydrogens (tertiary/aromatic N) is 2. The topological polar surface area (TPSA) is 64.1 Å². The molecule has 0 bridgehead atoms. The molecule has 7 heteroatoms. The van der Waals surface area contributed by atoms with E-state index < -0.39 is 0 Å². The first kappa shape index (κ1) is 16.4. The zero-order valence-corrected chi connectivity index (χ0v) is 14.8. The highest BCUT2D eigenvalue weighted by molar-refractivity contribution is 7.15. The summed E-state index contributed by atoms with van der Waals surface area (Å²) in [6.07, 6.45) is 4.88. The Kier molecular flexibility index (Phi) is 5.02. The fraction of sp³-hybridized carbons (Fsp3) is 0.118. The molecule has 3 aromatic rings. The van der Waals surface area contributed by atoms with Gasteiger partial charge in [0.05, 0.1) is 12.8 Å². The van der Waals surface area contributed by atoms with Crippen molar-refractivity contribution >= 4 is 39.8 Å². The molecule has 0 fully saturated rings. The van der Waals surface area contributed by atoms with Crippen LogP contribution < -0.4 is 10.1 Å². The van der Waals surface area contributed by atoms with Gasteiger partial charge in [-0.05, 0) is 37.3 Å². The van der Waals surface area contributed by atoms with Gasteiger partial charge in [-0.15, -0.1) is 22.7 Å². The van der Waals surface area contributed by atoms with E-state index in [1.165, 1.54) is 28.7 Å². The van der Waals surface area contributed by atoms with Crippen molar-refractivity contribution in [3.05, 3.63) is 52.5 Å². The Morgan fingerprint density at radius 1 is 1.29 bits per heavy atom. The number of carbonyl (C=O) groups is 1. The smallest absolute Gasteiger partial charge is 0.250 e. The summed E-state index contributed by atoms with van der Waals surface area (Å²) < 4.78 is 5.15. The number of hydrogen-bond donors (Lipinski definition) is 1. The molecule has 5 nitrogen and oxygen atoms in total. The highest BCUT2D eigenvalue weighted by atomic mass is 32.1. The van der Waals surface area contributed by atoms with Crippen LogP contribution in [0.1, 0.15) is 10.6 Å². The number of hydrogen-bond acceptors (Lipinski definition) is 6. The number of benzene rings is 1. The van der Waals surface area contributed by atoms with E-state index in [4.69, 9.17) is 4.74 Å². The van der Waals surface area contributed by atoms with Crippen molar-refractivity contribution in [1.82, 2.24) is 9.97 Å². The van der Waals surface area contributed by atoms with Gasteiger partial charge in [0.1, 0.15) is 10.8 Å². The first-order valence-corrected chi connectivity index (χ1v) is 8.85. The van der Waals surface area contributed by atoms with Crippen molar-refractivity contribution in [3.8, 4) is 16.3 Å². The SMILES string of the molecule is COc1ccc(-c2nc(C=CC(=O)Nc3ncc(C)s3)cs2)cc1. The monoisotopic (exact) mass is 357 g/mol. The minimum Gasteiger partial charge on any atom is -0.497 e. The van der Waals surface area contributed by atoms with E-state index in [9.17, 15) is 4.79 Å². The highest BCUT2D eigenvalue weighted by Gasteiger charge is 2.05. The molecule has 2 heterocycles. The van der Waals surface area contributed by atoms with Crippen LogP contribution in [0.3, 0.4) is 0 Å². The average molecular weight is 357 g/mol. The number of carbonyl (C=O) groups excluding carboxylic acids is 1. The lowest BCUT2D eigenvalue weighted by molar-refractivity contribution is -0.111. The molecule has 2 aromatic heterocycles. The third-order valence-corrected chi connectivity index (χ3v) is 4.85. The summed E-state index contributed by atoms with van der Waals surface area (Å²) in [4.78, 5) is 21.5. The first-order valence-electron chi connectivity index (χ1n) is 7.15. The molecule has 122 valence electrons. The third-order valence-electron chi connectivity index (χ3n) is 3.12. The van der Waals surface area contributed by atoms with Gasteiger partial charge < -0.3 is 4.74 Å². The van der Waals surface area contributed by atoms with Crippen LogP contribution in [0.4, 0.5) is 5.13 Å². The minimum atomic E-state index is -0.219. The number of ether oxygens (including phenoxy) is 1.